The number of rotatable bonds is 4. The van der Waals surface area contributed by atoms with Crippen LogP contribution in [0.5, 0.6) is 0 Å². The molecule has 0 N–H and O–H groups in total. The van der Waals surface area contributed by atoms with Gasteiger partial charge in [0.15, 0.2) is 5.69 Å². The molecule has 0 spiro atoms. The molecule has 2 heterocycles. The van der Waals surface area contributed by atoms with Crippen LogP contribution in [-0.4, -0.2) is 49.8 Å². The van der Waals surface area contributed by atoms with Crippen LogP contribution in [0.3, 0.4) is 0 Å². The van der Waals surface area contributed by atoms with Gasteiger partial charge in [0.2, 0.25) is 5.76 Å². The van der Waals surface area contributed by atoms with Crippen molar-refractivity contribution in [3.05, 3.63) is 34.8 Å². The molecule has 8 heteroatoms. The minimum atomic E-state index is -0.715. The number of pyridine rings is 1. The van der Waals surface area contributed by atoms with E-state index in [0.717, 1.165) is 25.7 Å². The van der Waals surface area contributed by atoms with Gasteiger partial charge in [-0.3, -0.25) is 0 Å². The number of carbonyl (C=O) groups excluding carboxylic acids is 3. The van der Waals surface area contributed by atoms with Crippen molar-refractivity contribution in [2.24, 2.45) is 22.7 Å². The predicted octanol–water partition coefficient (Wildman–Crippen LogP) is 4.96. The van der Waals surface area contributed by atoms with Crippen molar-refractivity contribution in [2.45, 2.75) is 71.8 Å². The molecule has 2 aliphatic carbocycles. The zero-order valence-electron chi connectivity index (χ0n) is 22.4. The smallest absolute Gasteiger partial charge is 0.373 e. The number of hydrogen-bond acceptors (Lipinski definition) is 8. The van der Waals surface area contributed by atoms with Gasteiger partial charge in [0.05, 0.1) is 21.3 Å². The lowest BCUT2D eigenvalue weighted by molar-refractivity contribution is -0.187. The molecule has 0 aromatic carbocycles. The Balaban J connectivity index is 1.90. The molecule has 0 radical (unpaired) electrons. The minimum Gasteiger partial charge on any atom is -0.480 e. The van der Waals surface area contributed by atoms with Crippen molar-refractivity contribution in [2.75, 3.05) is 21.3 Å². The summed E-state index contributed by atoms with van der Waals surface area (Å²) in [6.45, 7) is 9.19. The number of hydrogen-bond donors (Lipinski definition) is 0. The van der Waals surface area contributed by atoms with Gasteiger partial charge in [0.25, 0.3) is 0 Å². The zero-order valence-corrected chi connectivity index (χ0v) is 22.4. The van der Waals surface area contributed by atoms with Crippen molar-refractivity contribution in [3.8, 4) is 0 Å². The van der Waals surface area contributed by atoms with Crippen LogP contribution in [0.2, 0.25) is 0 Å². The lowest BCUT2D eigenvalue weighted by Crippen LogP contribution is -2.59. The Kier molecular flexibility index (Phi) is 6.69. The first kappa shape index (κ1) is 26.2. The largest absolute Gasteiger partial charge is 0.480 e. The first-order valence-electron chi connectivity index (χ1n) is 12.6. The maximum absolute atomic E-state index is 13.0. The molecular formula is C28H37NO7. The van der Waals surface area contributed by atoms with E-state index in [4.69, 9.17) is 18.9 Å². The highest BCUT2D eigenvalue weighted by atomic mass is 16.6. The Morgan fingerprint density at radius 1 is 0.889 bits per heavy atom. The molecule has 196 valence electrons. The van der Waals surface area contributed by atoms with Crippen molar-refractivity contribution < 1.29 is 33.3 Å². The van der Waals surface area contributed by atoms with Crippen LogP contribution in [0.15, 0.2) is 17.9 Å². The van der Waals surface area contributed by atoms with Gasteiger partial charge in [0.1, 0.15) is 11.3 Å². The highest BCUT2D eigenvalue weighted by molar-refractivity contribution is 6.01. The molecule has 4 atom stereocenters. The summed E-state index contributed by atoms with van der Waals surface area (Å²) in [7, 11) is 3.81. The van der Waals surface area contributed by atoms with E-state index in [1.165, 1.54) is 33.8 Å². The van der Waals surface area contributed by atoms with Gasteiger partial charge in [-0.25, -0.2) is 19.4 Å². The summed E-state index contributed by atoms with van der Waals surface area (Å²) in [6.07, 6.45) is 5.79. The Hall–Kier alpha value is -2.90. The fraction of sp³-hybridized carbons (Fsp3) is 0.643. The molecule has 36 heavy (non-hydrogen) atoms. The van der Waals surface area contributed by atoms with Crippen LogP contribution in [0.1, 0.15) is 92.8 Å². The molecule has 1 aliphatic heterocycles. The summed E-state index contributed by atoms with van der Waals surface area (Å²) in [5, 5.41) is 0. The molecule has 0 amide bonds. The van der Waals surface area contributed by atoms with Crippen molar-refractivity contribution >= 4 is 23.5 Å². The van der Waals surface area contributed by atoms with E-state index in [-0.39, 0.29) is 33.9 Å². The molecule has 3 aliphatic rings. The normalized spacial score (nSPS) is 30.9. The number of esters is 3. The minimum absolute atomic E-state index is 0.00748. The number of carbonyl (C=O) groups is 3. The highest BCUT2D eigenvalue weighted by Gasteiger charge is 2.61. The fourth-order valence-electron chi connectivity index (χ4n) is 7.43. The second-order valence-corrected chi connectivity index (χ2v) is 11.5. The topological polar surface area (TPSA) is 101 Å². The number of allylic oxidation sites excluding steroid dienone is 1. The standard InChI is InChI=1S/C28H37NO7/c1-26(2)12-8-13-27(3)19(26)11-14-28(4)20(27)15-17(22(36-28)25(32)35-7)16-9-10-18(23(30)33-5)29-21(16)24(31)34-6/h9-10,19-20H,8,11-15H2,1-7H3/t19-,20-,27-,28+/m0/s1. The summed E-state index contributed by atoms with van der Waals surface area (Å²) >= 11 is 0. The average Bonchev–Trinajstić information content (AvgIpc) is 2.85. The van der Waals surface area contributed by atoms with Gasteiger partial charge in [-0.05, 0) is 67.9 Å². The van der Waals surface area contributed by atoms with Crippen molar-refractivity contribution in [1.29, 1.82) is 0 Å². The molecule has 4 rings (SSSR count). The number of aromatic nitrogens is 1. The van der Waals surface area contributed by atoms with Gasteiger partial charge in [-0.2, -0.15) is 0 Å². The third kappa shape index (κ3) is 4.08. The van der Waals surface area contributed by atoms with Crippen LogP contribution in [0, 0.1) is 22.7 Å². The van der Waals surface area contributed by atoms with Crippen LogP contribution >= 0.6 is 0 Å². The number of ether oxygens (including phenoxy) is 4. The fourth-order valence-corrected chi connectivity index (χ4v) is 7.43. The van der Waals surface area contributed by atoms with E-state index in [0.29, 0.717) is 23.5 Å². The Morgan fingerprint density at radius 3 is 2.19 bits per heavy atom. The molecule has 8 nitrogen and oxygen atoms in total. The Labute approximate surface area is 212 Å². The molecule has 1 aromatic heterocycles. The maximum atomic E-state index is 13.0. The number of fused-ring (bicyclic) bond motifs is 3. The van der Waals surface area contributed by atoms with Crippen molar-refractivity contribution in [3.63, 3.8) is 0 Å². The molecule has 0 bridgehead atoms. The van der Waals surface area contributed by atoms with Gasteiger partial charge in [-0.15, -0.1) is 0 Å². The molecule has 0 saturated heterocycles. The van der Waals surface area contributed by atoms with E-state index in [9.17, 15) is 14.4 Å². The van der Waals surface area contributed by atoms with Crippen LogP contribution in [0.4, 0.5) is 0 Å². The highest BCUT2D eigenvalue weighted by Crippen LogP contribution is 2.65. The van der Waals surface area contributed by atoms with Crippen LogP contribution in [0.25, 0.3) is 5.57 Å². The van der Waals surface area contributed by atoms with Crippen LogP contribution < -0.4 is 0 Å². The van der Waals surface area contributed by atoms with E-state index in [1.807, 2.05) is 0 Å². The third-order valence-electron chi connectivity index (χ3n) is 9.12. The number of nitrogens with zero attached hydrogens (tertiary/aromatic N) is 1. The lowest BCUT2D eigenvalue weighted by atomic mass is 9.44. The first-order valence-corrected chi connectivity index (χ1v) is 12.6. The Bertz CT molecular complexity index is 1120. The second-order valence-electron chi connectivity index (χ2n) is 11.5. The average molecular weight is 500 g/mol. The first-order chi connectivity index (χ1) is 16.9. The van der Waals surface area contributed by atoms with E-state index in [2.05, 4.69) is 32.7 Å². The van der Waals surface area contributed by atoms with E-state index < -0.39 is 23.5 Å². The van der Waals surface area contributed by atoms with E-state index in [1.54, 1.807) is 6.07 Å². The lowest BCUT2D eigenvalue weighted by Gasteiger charge is -2.63. The third-order valence-corrected chi connectivity index (χ3v) is 9.12. The summed E-state index contributed by atoms with van der Waals surface area (Å²) in [5.74, 6) is -1.28. The summed E-state index contributed by atoms with van der Waals surface area (Å²) < 4.78 is 21.4. The van der Waals surface area contributed by atoms with Gasteiger partial charge in [-0.1, -0.05) is 27.2 Å². The van der Waals surface area contributed by atoms with Gasteiger partial charge in [0, 0.05) is 17.1 Å². The Morgan fingerprint density at radius 2 is 1.56 bits per heavy atom. The zero-order chi connectivity index (χ0) is 26.5. The summed E-state index contributed by atoms with van der Waals surface area (Å²) in [6, 6.07) is 3.10. The van der Waals surface area contributed by atoms with Crippen molar-refractivity contribution in [1.82, 2.24) is 4.98 Å². The van der Waals surface area contributed by atoms with Gasteiger partial charge >= 0.3 is 17.9 Å². The molecule has 0 unspecified atom stereocenters. The monoisotopic (exact) mass is 499 g/mol. The summed E-state index contributed by atoms with van der Waals surface area (Å²) in [5.41, 5.74) is 0.523. The molecule has 1 aromatic rings. The van der Waals surface area contributed by atoms with Gasteiger partial charge < -0.3 is 18.9 Å². The SMILES string of the molecule is COC(=O)C1=C(c2ccc(C(=O)OC)nc2C(=O)OC)C[C@H]2[C@@]3(C)CCCC(C)(C)[C@@H]3CC[C@@]2(C)O1. The predicted molar refractivity (Wildman–Crippen MR) is 132 cm³/mol. The van der Waals surface area contributed by atoms with E-state index >= 15 is 0 Å². The molecule has 2 fully saturated rings. The molecule has 2 saturated carbocycles. The molecular weight excluding hydrogens is 462 g/mol. The number of methoxy groups -OCH3 is 3. The maximum Gasteiger partial charge on any atom is 0.373 e. The summed E-state index contributed by atoms with van der Waals surface area (Å²) in [4.78, 5) is 42.2. The quantitative estimate of drug-likeness (QED) is 0.423. The van der Waals surface area contributed by atoms with Crippen LogP contribution in [-0.2, 0) is 23.7 Å². The second kappa shape index (κ2) is 9.20.